The maximum absolute atomic E-state index is 11.6. The zero-order valence-electron chi connectivity index (χ0n) is 25.2. The van der Waals surface area contributed by atoms with Crippen LogP contribution in [0, 0.1) is 0 Å². The van der Waals surface area contributed by atoms with Gasteiger partial charge in [0.1, 0.15) is 11.9 Å². The molecule has 0 aliphatic rings. The van der Waals surface area contributed by atoms with Crippen LogP contribution in [0.25, 0.3) is 0 Å². The number of unbranched alkanes of at least 4 members (excludes halogenated alkanes) is 12. The zero-order valence-corrected chi connectivity index (χ0v) is 26.1. The summed E-state index contributed by atoms with van der Waals surface area (Å²) in [5.41, 5.74) is 1.01. The summed E-state index contributed by atoms with van der Waals surface area (Å²) in [6.07, 6.45) is 17.8. The van der Waals surface area contributed by atoms with Crippen molar-refractivity contribution in [3.05, 3.63) is 29.8 Å². The Balaban J connectivity index is 2.19. The monoisotopic (exact) mass is 569 g/mol. The van der Waals surface area contributed by atoms with E-state index in [2.05, 4.69) is 11.8 Å². The third-order valence-electron chi connectivity index (χ3n) is 6.56. The van der Waals surface area contributed by atoms with Crippen molar-refractivity contribution in [2.75, 3.05) is 40.5 Å². The first kappa shape index (κ1) is 35.8. The van der Waals surface area contributed by atoms with Crippen LogP contribution in [0.3, 0.4) is 0 Å². The van der Waals surface area contributed by atoms with Crippen LogP contribution in [0.2, 0.25) is 0 Å². The molecule has 0 radical (unpaired) electrons. The minimum absolute atomic E-state index is 0.0801. The molecule has 0 saturated heterocycles. The van der Waals surface area contributed by atoms with Gasteiger partial charge in [-0.1, -0.05) is 89.7 Å². The summed E-state index contributed by atoms with van der Waals surface area (Å²) >= 11 is 0. The number of rotatable bonds is 26. The van der Waals surface area contributed by atoms with Gasteiger partial charge in [0.05, 0.1) is 19.8 Å². The Morgan fingerprint density at radius 1 is 0.821 bits per heavy atom. The van der Waals surface area contributed by atoms with Crippen molar-refractivity contribution in [3.63, 3.8) is 0 Å². The third-order valence-corrected chi connectivity index (χ3v) is 7.33. The van der Waals surface area contributed by atoms with E-state index in [1.165, 1.54) is 77.6 Å². The van der Waals surface area contributed by atoms with Crippen LogP contribution in [0.4, 0.5) is 0 Å². The van der Waals surface area contributed by atoms with E-state index in [1.54, 1.807) is 0 Å². The van der Waals surface area contributed by atoms with E-state index in [1.807, 2.05) is 38.4 Å². The molecular formula is C31H56NO6P. The van der Waals surface area contributed by atoms with Gasteiger partial charge in [-0.2, -0.15) is 0 Å². The first-order valence-corrected chi connectivity index (χ1v) is 16.3. The van der Waals surface area contributed by atoms with Gasteiger partial charge in [-0.05, 0) is 57.6 Å². The van der Waals surface area contributed by atoms with E-state index in [9.17, 15) is 9.69 Å². The van der Waals surface area contributed by atoms with E-state index in [0.29, 0.717) is 13.0 Å². The van der Waals surface area contributed by atoms with Gasteiger partial charge in [0, 0.05) is 13.3 Å². The quantitative estimate of drug-likeness (QED) is 0.0692. The lowest BCUT2D eigenvalue weighted by molar-refractivity contribution is -0.147. The zero-order chi connectivity index (χ0) is 28.6. The molecule has 226 valence electrons. The molecule has 0 heterocycles. The Hall–Kier alpha value is -1.24. The number of esters is 1. The van der Waals surface area contributed by atoms with Gasteiger partial charge in [-0.15, -0.1) is 0 Å². The number of carbonyl (C=O) groups is 1. The third kappa shape index (κ3) is 22.2. The summed E-state index contributed by atoms with van der Waals surface area (Å²) in [4.78, 5) is 23.7. The van der Waals surface area contributed by atoms with Crippen LogP contribution in [-0.4, -0.2) is 62.3 Å². The standard InChI is InChI=1S/C31H56NO6P/c1-5-6-7-8-9-10-11-12-13-14-15-17-24-35-30-21-19-29(20-22-30)26-31(38-28(2)33)27-37-39(34)36-25-18-16-23-32(3)4/h19-22,31,34H,5-18,23-27H2,1-4H3. The van der Waals surface area contributed by atoms with Crippen molar-refractivity contribution in [1.82, 2.24) is 4.90 Å². The highest BCUT2D eigenvalue weighted by Gasteiger charge is 2.17. The molecule has 1 aromatic carbocycles. The average molecular weight is 570 g/mol. The first-order valence-electron chi connectivity index (χ1n) is 15.2. The normalized spacial score (nSPS) is 13.0. The summed E-state index contributed by atoms with van der Waals surface area (Å²) < 4.78 is 22.1. The Kier molecular flexibility index (Phi) is 22.5. The second-order valence-electron chi connectivity index (χ2n) is 10.7. The van der Waals surface area contributed by atoms with Crippen LogP contribution < -0.4 is 4.74 Å². The summed E-state index contributed by atoms with van der Waals surface area (Å²) in [6.45, 7) is 5.88. The molecule has 2 atom stereocenters. The smallest absolute Gasteiger partial charge is 0.329 e. The van der Waals surface area contributed by atoms with E-state index in [-0.39, 0.29) is 12.6 Å². The van der Waals surface area contributed by atoms with Crippen LogP contribution in [0.15, 0.2) is 24.3 Å². The maximum atomic E-state index is 11.6. The number of hydrogen-bond acceptors (Lipinski definition) is 7. The van der Waals surface area contributed by atoms with Crippen LogP contribution >= 0.6 is 8.60 Å². The highest BCUT2D eigenvalue weighted by Crippen LogP contribution is 2.33. The second-order valence-corrected chi connectivity index (χ2v) is 11.7. The van der Waals surface area contributed by atoms with E-state index < -0.39 is 14.7 Å². The summed E-state index contributed by atoms with van der Waals surface area (Å²) in [7, 11) is 2.06. The van der Waals surface area contributed by atoms with Crippen molar-refractivity contribution in [2.45, 2.75) is 116 Å². The predicted octanol–water partition coefficient (Wildman–Crippen LogP) is 7.83. The highest BCUT2D eigenvalue weighted by molar-refractivity contribution is 7.40. The Labute approximate surface area is 239 Å². The molecule has 8 heteroatoms. The molecule has 1 N–H and O–H groups in total. The van der Waals surface area contributed by atoms with Gasteiger partial charge in [0.15, 0.2) is 0 Å². The number of hydrogen-bond donors (Lipinski definition) is 1. The molecule has 0 fully saturated rings. The summed E-state index contributed by atoms with van der Waals surface area (Å²) in [5.74, 6) is 0.474. The fraction of sp³-hybridized carbons (Fsp3) is 0.774. The molecule has 0 aromatic heterocycles. The Morgan fingerprint density at radius 2 is 1.38 bits per heavy atom. The molecule has 0 aliphatic carbocycles. The number of carbonyl (C=O) groups excluding carboxylic acids is 1. The van der Waals surface area contributed by atoms with Crippen LogP contribution in [0.1, 0.15) is 109 Å². The summed E-state index contributed by atoms with van der Waals surface area (Å²) in [5, 5.41) is 0. The molecular weight excluding hydrogens is 513 g/mol. The van der Waals surface area contributed by atoms with Gasteiger partial charge in [-0.25, -0.2) is 0 Å². The molecule has 7 nitrogen and oxygen atoms in total. The molecule has 0 aliphatic heterocycles. The van der Waals surface area contributed by atoms with Crippen molar-refractivity contribution in [3.8, 4) is 5.75 Å². The van der Waals surface area contributed by atoms with Gasteiger partial charge in [0.25, 0.3) is 0 Å². The van der Waals surface area contributed by atoms with Crippen molar-refractivity contribution >= 4 is 14.6 Å². The molecule has 39 heavy (non-hydrogen) atoms. The van der Waals surface area contributed by atoms with E-state index in [0.717, 1.165) is 43.7 Å². The lowest BCUT2D eigenvalue weighted by atomic mass is 10.1. The van der Waals surface area contributed by atoms with Gasteiger partial charge in [-0.3, -0.25) is 4.79 Å². The predicted molar refractivity (Wildman–Crippen MR) is 161 cm³/mol. The summed E-state index contributed by atoms with van der Waals surface area (Å²) in [6, 6.07) is 7.88. The number of ether oxygens (including phenoxy) is 2. The van der Waals surface area contributed by atoms with E-state index >= 15 is 0 Å². The minimum Gasteiger partial charge on any atom is -0.494 e. The van der Waals surface area contributed by atoms with Gasteiger partial charge < -0.3 is 28.3 Å². The van der Waals surface area contributed by atoms with Crippen molar-refractivity contribution in [1.29, 1.82) is 0 Å². The molecule has 1 rings (SSSR count). The molecule has 0 saturated carbocycles. The molecule has 0 spiro atoms. The van der Waals surface area contributed by atoms with Gasteiger partial charge >= 0.3 is 14.6 Å². The Morgan fingerprint density at radius 3 is 1.95 bits per heavy atom. The Bertz CT molecular complexity index is 703. The van der Waals surface area contributed by atoms with Crippen LogP contribution in [-0.2, 0) is 25.0 Å². The molecule has 0 amide bonds. The second kappa shape index (κ2) is 24.5. The molecule has 0 bridgehead atoms. The number of nitrogens with zero attached hydrogens (tertiary/aromatic N) is 1. The number of benzene rings is 1. The highest BCUT2D eigenvalue weighted by atomic mass is 31.2. The maximum Gasteiger partial charge on any atom is 0.329 e. The topological polar surface area (TPSA) is 77.5 Å². The lowest BCUT2D eigenvalue weighted by Gasteiger charge is -2.19. The van der Waals surface area contributed by atoms with Crippen molar-refractivity contribution < 1.29 is 28.2 Å². The minimum atomic E-state index is -1.99. The largest absolute Gasteiger partial charge is 0.494 e. The first-order chi connectivity index (χ1) is 18.9. The van der Waals surface area contributed by atoms with Crippen molar-refractivity contribution in [2.24, 2.45) is 0 Å². The fourth-order valence-electron chi connectivity index (χ4n) is 4.34. The van der Waals surface area contributed by atoms with Crippen LogP contribution in [0.5, 0.6) is 5.75 Å². The molecule has 2 unspecified atom stereocenters. The molecule has 1 aromatic rings. The lowest BCUT2D eigenvalue weighted by Crippen LogP contribution is -2.24. The SMILES string of the molecule is CCCCCCCCCCCCCCOc1ccc(CC(COP(O)OCCCCN(C)C)OC(C)=O)cc1. The van der Waals surface area contributed by atoms with E-state index in [4.69, 9.17) is 18.5 Å². The average Bonchev–Trinajstić information content (AvgIpc) is 2.90. The van der Waals surface area contributed by atoms with Gasteiger partial charge in [0.2, 0.25) is 0 Å². The fourth-order valence-corrected chi connectivity index (χ4v) is 5.00.